The van der Waals surface area contributed by atoms with Gasteiger partial charge in [-0.25, -0.2) is 9.97 Å². The number of carbonyl (C=O) groups excluding carboxylic acids is 1. The Hall–Kier alpha value is -2.54. The van der Waals surface area contributed by atoms with E-state index in [1.54, 1.807) is 4.57 Å². The second-order valence-corrected chi connectivity index (χ2v) is 8.12. The number of fused-ring (bicyclic) bond motifs is 1. The summed E-state index contributed by atoms with van der Waals surface area (Å²) in [6.07, 6.45) is 3.08. The van der Waals surface area contributed by atoms with Gasteiger partial charge < -0.3 is 4.90 Å². The van der Waals surface area contributed by atoms with Crippen LogP contribution in [0.1, 0.15) is 37.6 Å². The Morgan fingerprint density at radius 1 is 1.25 bits per heavy atom. The second kappa shape index (κ2) is 7.83. The highest BCUT2D eigenvalue weighted by molar-refractivity contribution is 7.21. The molecule has 7 heteroatoms. The molecule has 0 amide bonds. The van der Waals surface area contributed by atoms with Crippen LogP contribution >= 0.6 is 11.3 Å². The minimum atomic E-state index is -0.154. The topological polar surface area (TPSA) is 68.1 Å². The Morgan fingerprint density at radius 2 is 2.04 bits per heavy atom. The molecule has 0 spiro atoms. The Morgan fingerprint density at radius 3 is 2.79 bits per heavy atom. The summed E-state index contributed by atoms with van der Waals surface area (Å²) in [5.41, 5.74) is 1.49. The lowest BCUT2D eigenvalue weighted by Gasteiger charge is -2.22. The van der Waals surface area contributed by atoms with Crippen molar-refractivity contribution in [1.82, 2.24) is 14.5 Å². The summed E-state index contributed by atoms with van der Waals surface area (Å²) in [4.78, 5) is 37.4. The van der Waals surface area contributed by atoms with Gasteiger partial charge in [0.1, 0.15) is 5.82 Å². The van der Waals surface area contributed by atoms with E-state index in [4.69, 9.17) is 0 Å². The van der Waals surface area contributed by atoms with Gasteiger partial charge in [0.25, 0.3) is 5.56 Å². The lowest BCUT2D eigenvalue weighted by molar-refractivity contribution is -0.120. The number of Topliss-reactive ketones (excluding diaryl/α,β-unsaturated/α-hetero) is 1. The monoisotopic (exact) mass is 396 g/mol. The second-order valence-electron chi connectivity index (χ2n) is 7.16. The summed E-state index contributed by atoms with van der Waals surface area (Å²) in [5.74, 6) is 0.947. The van der Waals surface area contributed by atoms with Gasteiger partial charge in [-0.15, -0.1) is 0 Å². The molecule has 28 heavy (non-hydrogen) atoms. The molecule has 0 aliphatic carbocycles. The van der Waals surface area contributed by atoms with Gasteiger partial charge in [-0.3, -0.25) is 14.2 Å². The van der Waals surface area contributed by atoms with Gasteiger partial charge >= 0.3 is 0 Å². The van der Waals surface area contributed by atoms with Crippen molar-refractivity contribution in [3.8, 4) is 0 Å². The van der Waals surface area contributed by atoms with Gasteiger partial charge in [0.15, 0.2) is 21.3 Å². The molecule has 6 nitrogen and oxygen atoms in total. The molecule has 0 saturated carbocycles. The van der Waals surface area contributed by atoms with Gasteiger partial charge in [-0.05, 0) is 38.7 Å². The van der Waals surface area contributed by atoms with E-state index in [-0.39, 0.29) is 17.4 Å². The zero-order chi connectivity index (χ0) is 19.7. The summed E-state index contributed by atoms with van der Waals surface area (Å²) < 4.78 is 1.64. The van der Waals surface area contributed by atoms with Gasteiger partial charge in [0.05, 0.1) is 6.04 Å². The van der Waals surface area contributed by atoms with Gasteiger partial charge in [-0.2, -0.15) is 0 Å². The van der Waals surface area contributed by atoms with Crippen LogP contribution in [0.4, 0.5) is 5.13 Å². The highest BCUT2D eigenvalue weighted by atomic mass is 32.1. The van der Waals surface area contributed by atoms with Gasteiger partial charge in [0.2, 0.25) is 0 Å². The van der Waals surface area contributed by atoms with Gasteiger partial charge in [-0.1, -0.05) is 41.7 Å². The first-order valence-corrected chi connectivity index (χ1v) is 10.6. The number of benzene rings is 1. The van der Waals surface area contributed by atoms with Crippen molar-refractivity contribution in [3.05, 3.63) is 52.1 Å². The predicted molar refractivity (Wildman–Crippen MR) is 112 cm³/mol. The minimum Gasteiger partial charge on any atom is -0.338 e. The van der Waals surface area contributed by atoms with Gasteiger partial charge in [0, 0.05) is 19.5 Å². The average Bonchev–Trinajstić information content (AvgIpc) is 3.34. The molecule has 1 aliphatic heterocycles. The number of rotatable bonds is 6. The van der Waals surface area contributed by atoms with E-state index in [9.17, 15) is 9.59 Å². The maximum Gasteiger partial charge on any atom is 0.281 e. The Bertz CT molecular complexity index is 1060. The lowest BCUT2D eigenvalue weighted by atomic mass is 10.0. The standard InChI is InChI=1S/C21H24N4O2S/c1-3-24-14(2)22-19-18(20(24)27)23-21(28-19)25-13-7-10-16(25)17(26)12-11-15-8-5-4-6-9-15/h4-6,8-9,16H,3,7,10-13H2,1-2H3/t16-/m1/s1. The molecule has 3 aromatic rings. The van der Waals surface area contributed by atoms with Crippen molar-refractivity contribution in [3.63, 3.8) is 0 Å². The molecule has 1 aromatic carbocycles. The number of nitrogens with zero attached hydrogens (tertiary/aromatic N) is 4. The molecule has 0 N–H and O–H groups in total. The molecule has 0 unspecified atom stereocenters. The summed E-state index contributed by atoms with van der Waals surface area (Å²) in [6.45, 7) is 5.14. The largest absolute Gasteiger partial charge is 0.338 e. The van der Waals surface area contributed by atoms with E-state index in [1.807, 2.05) is 32.0 Å². The van der Waals surface area contributed by atoms with Crippen molar-refractivity contribution in [2.45, 2.75) is 52.1 Å². The highest BCUT2D eigenvalue weighted by Gasteiger charge is 2.32. The molecular formula is C21H24N4O2S. The first-order chi connectivity index (χ1) is 13.6. The van der Waals surface area contributed by atoms with Crippen molar-refractivity contribution in [2.24, 2.45) is 0 Å². The van der Waals surface area contributed by atoms with E-state index in [0.29, 0.717) is 29.1 Å². The molecule has 1 saturated heterocycles. The van der Waals surface area contributed by atoms with E-state index in [0.717, 1.165) is 30.9 Å². The summed E-state index contributed by atoms with van der Waals surface area (Å²) in [7, 11) is 0. The third-order valence-electron chi connectivity index (χ3n) is 5.39. The van der Waals surface area contributed by atoms with E-state index in [2.05, 4.69) is 27.0 Å². The molecule has 0 bridgehead atoms. The van der Waals surface area contributed by atoms with E-state index >= 15 is 0 Å². The minimum absolute atomic E-state index is 0.0985. The number of carbonyl (C=O) groups is 1. The predicted octanol–water partition coefficient (Wildman–Crippen LogP) is 3.35. The molecule has 3 heterocycles. The third-order valence-corrected chi connectivity index (χ3v) is 6.38. The fraction of sp³-hybridized carbons (Fsp3) is 0.429. The Kier molecular flexibility index (Phi) is 5.26. The van der Waals surface area contributed by atoms with Crippen LogP contribution in [0, 0.1) is 6.92 Å². The zero-order valence-electron chi connectivity index (χ0n) is 16.2. The zero-order valence-corrected chi connectivity index (χ0v) is 17.0. The van der Waals surface area contributed by atoms with Crippen LogP contribution < -0.4 is 10.5 Å². The quantitative estimate of drug-likeness (QED) is 0.639. The summed E-state index contributed by atoms with van der Waals surface area (Å²) in [6, 6.07) is 9.94. The third kappa shape index (κ3) is 3.46. The first-order valence-electron chi connectivity index (χ1n) is 9.79. The summed E-state index contributed by atoms with van der Waals surface area (Å²) in [5, 5.41) is 0.739. The van der Waals surface area contributed by atoms with Crippen molar-refractivity contribution >= 4 is 32.6 Å². The lowest BCUT2D eigenvalue weighted by Crippen LogP contribution is -2.36. The van der Waals surface area contributed by atoms with Crippen molar-refractivity contribution in [2.75, 3.05) is 11.4 Å². The van der Waals surface area contributed by atoms with Crippen molar-refractivity contribution in [1.29, 1.82) is 0 Å². The molecule has 2 aromatic heterocycles. The highest BCUT2D eigenvalue weighted by Crippen LogP contribution is 2.32. The number of hydrogen-bond donors (Lipinski definition) is 0. The first kappa shape index (κ1) is 18.8. The molecule has 146 valence electrons. The maximum absolute atomic E-state index is 12.9. The van der Waals surface area contributed by atoms with Crippen LogP contribution in [0.2, 0.25) is 0 Å². The average molecular weight is 397 g/mol. The normalized spacial score (nSPS) is 16.8. The van der Waals surface area contributed by atoms with Crippen LogP contribution in [-0.2, 0) is 17.8 Å². The number of aromatic nitrogens is 3. The summed E-state index contributed by atoms with van der Waals surface area (Å²) >= 11 is 1.42. The van der Waals surface area contributed by atoms with Crippen LogP contribution in [0.3, 0.4) is 0 Å². The molecule has 1 atom stereocenters. The van der Waals surface area contributed by atoms with E-state index in [1.165, 1.54) is 16.9 Å². The smallest absolute Gasteiger partial charge is 0.281 e. The van der Waals surface area contributed by atoms with E-state index < -0.39 is 0 Å². The molecular weight excluding hydrogens is 372 g/mol. The fourth-order valence-corrected chi connectivity index (χ4v) is 4.96. The number of aryl methyl sites for hydroxylation is 2. The molecule has 1 aliphatic rings. The van der Waals surface area contributed by atoms with Crippen LogP contribution in [-0.4, -0.2) is 32.9 Å². The number of anilines is 1. The number of thiazole rings is 1. The Balaban J connectivity index is 1.57. The van der Waals surface area contributed by atoms with Crippen LogP contribution in [0.15, 0.2) is 35.1 Å². The molecule has 1 fully saturated rings. The van der Waals surface area contributed by atoms with Crippen LogP contribution in [0.5, 0.6) is 0 Å². The SMILES string of the molecule is CCn1c(C)nc2sc(N3CCC[C@@H]3C(=O)CCc3ccccc3)nc2c1=O. The molecule has 0 radical (unpaired) electrons. The fourth-order valence-electron chi connectivity index (χ4n) is 3.90. The number of ketones is 1. The molecule has 4 rings (SSSR count). The maximum atomic E-state index is 12.9. The Labute approximate surface area is 167 Å². The van der Waals surface area contributed by atoms with Crippen molar-refractivity contribution < 1.29 is 4.79 Å². The van der Waals surface area contributed by atoms with Crippen LogP contribution in [0.25, 0.3) is 10.3 Å². The number of hydrogen-bond acceptors (Lipinski definition) is 6.